The van der Waals surface area contributed by atoms with Crippen molar-refractivity contribution in [3.05, 3.63) is 71.5 Å². The monoisotopic (exact) mass is 460 g/mol. The highest BCUT2D eigenvalue weighted by Crippen LogP contribution is 2.38. The molecule has 1 amide bonds. The Morgan fingerprint density at radius 3 is 2.23 bits per heavy atom. The molecule has 12 heteroatoms. The van der Waals surface area contributed by atoms with E-state index in [2.05, 4.69) is 15.5 Å². The van der Waals surface area contributed by atoms with Crippen LogP contribution in [0, 0.1) is 0 Å². The molecule has 0 aliphatic heterocycles. The second-order valence-electron chi connectivity index (χ2n) is 6.34. The summed E-state index contributed by atoms with van der Waals surface area (Å²) in [5, 5.41) is 7.75. The van der Waals surface area contributed by atoms with Crippen molar-refractivity contribution in [2.75, 3.05) is 5.32 Å². The minimum atomic E-state index is -4.73. The first-order valence-electron chi connectivity index (χ1n) is 8.63. The number of aromatic nitrogens is 3. The number of nitrogens with one attached hydrogen (secondary N) is 1. The van der Waals surface area contributed by atoms with Crippen LogP contribution in [0.4, 0.5) is 32.0 Å². The molecule has 1 atom stereocenters. The number of anilines is 1. The van der Waals surface area contributed by atoms with Gasteiger partial charge in [-0.3, -0.25) is 4.79 Å². The van der Waals surface area contributed by atoms with E-state index in [0.717, 1.165) is 25.2 Å². The van der Waals surface area contributed by atoms with E-state index in [1.165, 1.54) is 6.07 Å². The Morgan fingerprint density at radius 1 is 0.968 bits per heavy atom. The molecule has 5 nitrogen and oxygen atoms in total. The molecule has 1 N–H and O–H groups in total. The van der Waals surface area contributed by atoms with Gasteiger partial charge in [0.25, 0.3) is 0 Å². The topological polar surface area (TPSA) is 59.8 Å². The van der Waals surface area contributed by atoms with Gasteiger partial charge in [0.2, 0.25) is 11.7 Å². The third kappa shape index (κ3) is 5.37. The van der Waals surface area contributed by atoms with Crippen LogP contribution < -0.4 is 5.32 Å². The van der Waals surface area contributed by atoms with Crippen LogP contribution in [0.1, 0.15) is 22.2 Å². The largest absolute Gasteiger partial charge is 0.451 e. The van der Waals surface area contributed by atoms with Crippen molar-refractivity contribution < 1.29 is 31.1 Å². The molecule has 2 aromatic carbocycles. The third-order valence-corrected chi connectivity index (χ3v) is 5.40. The van der Waals surface area contributed by atoms with E-state index < -0.39 is 34.9 Å². The van der Waals surface area contributed by atoms with Crippen LogP contribution in [0.25, 0.3) is 0 Å². The number of alkyl halides is 6. The second kappa shape index (κ2) is 8.61. The van der Waals surface area contributed by atoms with Crippen molar-refractivity contribution in [1.29, 1.82) is 0 Å². The zero-order valence-corrected chi connectivity index (χ0v) is 16.5. The lowest BCUT2D eigenvalue weighted by atomic mass is 10.1. The van der Waals surface area contributed by atoms with E-state index in [0.29, 0.717) is 21.9 Å². The fourth-order valence-electron chi connectivity index (χ4n) is 2.65. The van der Waals surface area contributed by atoms with Gasteiger partial charge < -0.3 is 9.88 Å². The first kappa shape index (κ1) is 22.7. The average Bonchev–Trinajstić information content (AvgIpc) is 3.07. The lowest BCUT2D eigenvalue weighted by Crippen LogP contribution is -2.20. The number of rotatable bonds is 5. The second-order valence-corrected chi connectivity index (χ2v) is 7.41. The summed E-state index contributed by atoms with van der Waals surface area (Å²) in [5.41, 5.74) is -0.624. The molecule has 1 heterocycles. The van der Waals surface area contributed by atoms with Gasteiger partial charge in [-0.05, 0) is 23.8 Å². The van der Waals surface area contributed by atoms with Crippen molar-refractivity contribution in [1.82, 2.24) is 14.8 Å². The summed E-state index contributed by atoms with van der Waals surface area (Å²) in [6, 6.07) is 12.1. The van der Waals surface area contributed by atoms with Crippen LogP contribution in [0.2, 0.25) is 0 Å². The third-order valence-electron chi connectivity index (χ3n) is 4.11. The Labute approximate surface area is 176 Å². The van der Waals surface area contributed by atoms with Gasteiger partial charge in [-0.25, -0.2) is 0 Å². The first-order valence-corrected chi connectivity index (χ1v) is 9.51. The molecule has 0 fully saturated rings. The molecule has 1 aromatic heterocycles. The van der Waals surface area contributed by atoms with Gasteiger partial charge in [-0.15, -0.1) is 10.2 Å². The average molecular weight is 460 g/mol. The van der Waals surface area contributed by atoms with Crippen molar-refractivity contribution in [2.45, 2.75) is 22.8 Å². The Hall–Kier alpha value is -3.02. The lowest BCUT2D eigenvalue weighted by molar-refractivity contribution is -0.147. The predicted molar refractivity (Wildman–Crippen MR) is 101 cm³/mol. The molecule has 0 aliphatic carbocycles. The zero-order chi connectivity index (χ0) is 22.8. The van der Waals surface area contributed by atoms with Gasteiger partial charge >= 0.3 is 12.4 Å². The fourth-order valence-corrected chi connectivity index (χ4v) is 3.65. The summed E-state index contributed by atoms with van der Waals surface area (Å²) in [6.07, 6.45) is -9.33. The number of amides is 1. The van der Waals surface area contributed by atoms with Gasteiger partial charge in [-0.2, -0.15) is 26.3 Å². The molecule has 0 saturated carbocycles. The molecule has 0 spiro atoms. The number of hydrogen-bond acceptors (Lipinski definition) is 4. The SMILES string of the molecule is Cn1c(SC(C(=O)Nc2cccc(C(F)(F)F)c2)c2ccccc2)nnc1C(F)(F)F. The van der Waals surface area contributed by atoms with E-state index in [-0.39, 0.29) is 10.8 Å². The number of benzene rings is 2. The molecule has 0 aliphatic rings. The van der Waals surface area contributed by atoms with Gasteiger partial charge in [0.05, 0.1) is 5.56 Å². The number of carbonyl (C=O) groups is 1. The van der Waals surface area contributed by atoms with E-state index in [1.807, 2.05) is 0 Å². The minimum absolute atomic E-state index is 0.102. The summed E-state index contributed by atoms with van der Waals surface area (Å²) >= 11 is 0.698. The molecule has 31 heavy (non-hydrogen) atoms. The number of nitrogens with zero attached hydrogens (tertiary/aromatic N) is 3. The maximum Gasteiger partial charge on any atom is 0.451 e. The molecule has 3 rings (SSSR count). The molecular weight excluding hydrogens is 446 g/mol. The minimum Gasteiger partial charge on any atom is -0.325 e. The fraction of sp³-hybridized carbons (Fsp3) is 0.211. The van der Waals surface area contributed by atoms with Crippen molar-refractivity contribution >= 4 is 23.4 Å². The molecule has 164 valence electrons. The smallest absolute Gasteiger partial charge is 0.325 e. The Morgan fingerprint density at radius 2 is 1.65 bits per heavy atom. The molecular formula is C19H14F6N4OS. The summed E-state index contributed by atoms with van der Waals surface area (Å²) in [7, 11) is 1.11. The Kier molecular flexibility index (Phi) is 6.30. The van der Waals surface area contributed by atoms with Gasteiger partial charge in [0, 0.05) is 12.7 Å². The van der Waals surface area contributed by atoms with Crippen LogP contribution in [0.5, 0.6) is 0 Å². The molecule has 1 unspecified atom stereocenters. The molecule has 3 aromatic rings. The standard InChI is InChI=1S/C19H14F6N4OS/c1-29-16(19(23,24)25)27-28-17(29)31-14(11-6-3-2-4-7-11)15(30)26-13-9-5-8-12(10-13)18(20,21)22/h2-10,14H,1H3,(H,26,30). The normalized spacial score (nSPS) is 13.1. The quantitative estimate of drug-likeness (QED) is 0.413. The van der Waals surface area contributed by atoms with Crippen LogP contribution >= 0.6 is 11.8 Å². The van der Waals surface area contributed by atoms with Crippen LogP contribution in [-0.2, 0) is 24.2 Å². The van der Waals surface area contributed by atoms with Crippen LogP contribution in [0.3, 0.4) is 0 Å². The van der Waals surface area contributed by atoms with Crippen molar-refractivity contribution in [3.8, 4) is 0 Å². The van der Waals surface area contributed by atoms with E-state index in [9.17, 15) is 31.1 Å². The molecule has 0 saturated heterocycles. The molecule has 0 radical (unpaired) electrons. The number of hydrogen-bond donors (Lipinski definition) is 1. The zero-order valence-electron chi connectivity index (χ0n) is 15.7. The highest BCUT2D eigenvalue weighted by Gasteiger charge is 2.38. The maximum atomic E-state index is 13.0. The molecule has 0 bridgehead atoms. The highest BCUT2D eigenvalue weighted by atomic mass is 32.2. The van der Waals surface area contributed by atoms with Gasteiger partial charge in [0.1, 0.15) is 5.25 Å². The van der Waals surface area contributed by atoms with E-state index >= 15 is 0 Å². The van der Waals surface area contributed by atoms with Crippen molar-refractivity contribution in [3.63, 3.8) is 0 Å². The summed E-state index contributed by atoms with van der Waals surface area (Å²) < 4.78 is 78.5. The summed E-state index contributed by atoms with van der Waals surface area (Å²) in [6.45, 7) is 0. The maximum absolute atomic E-state index is 13.0. The first-order chi connectivity index (χ1) is 14.5. The van der Waals surface area contributed by atoms with Gasteiger partial charge in [0.15, 0.2) is 5.16 Å². The highest BCUT2D eigenvalue weighted by molar-refractivity contribution is 8.00. The number of halogens is 6. The van der Waals surface area contributed by atoms with Crippen LogP contribution in [-0.4, -0.2) is 20.7 Å². The Balaban J connectivity index is 1.90. The lowest BCUT2D eigenvalue weighted by Gasteiger charge is -2.17. The number of carbonyl (C=O) groups excluding carboxylic acids is 1. The summed E-state index contributed by atoms with van der Waals surface area (Å²) in [4.78, 5) is 12.9. The van der Waals surface area contributed by atoms with E-state index in [1.54, 1.807) is 30.3 Å². The summed E-state index contributed by atoms with van der Waals surface area (Å²) in [5.74, 6) is -1.97. The van der Waals surface area contributed by atoms with Gasteiger partial charge in [-0.1, -0.05) is 48.2 Å². The van der Waals surface area contributed by atoms with Crippen LogP contribution in [0.15, 0.2) is 59.8 Å². The van der Waals surface area contributed by atoms with E-state index in [4.69, 9.17) is 0 Å². The van der Waals surface area contributed by atoms with Crippen molar-refractivity contribution in [2.24, 2.45) is 7.05 Å². The Bertz CT molecular complexity index is 1070. The number of thioether (sulfide) groups is 1. The predicted octanol–water partition coefficient (Wildman–Crippen LogP) is 5.32.